The molecule has 1 amide bonds. The van der Waals surface area contributed by atoms with E-state index in [9.17, 15) is 4.79 Å². The quantitative estimate of drug-likeness (QED) is 0.576. The van der Waals surface area contributed by atoms with E-state index in [0.29, 0.717) is 18.9 Å². The number of para-hydroxylation sites is 1. The van der Waals surface area contributed by atoms with Crippen molar-refractivity contribution in [3.8, 4) is 0 Å². The highest BCUT2D eigenvalue weighted by atomic mass is 35.5. The zero-order valence-electron chi connectivity index (χ0n) is 15.8. The van der Waals surface area contributed by atoms with Gasteiger partial charge in [0.2, 0.25) is 5.91 Å². The summed E-state index contributed by atoms with van der Waals surface area (Å²) in [5.74, 6) is 0.616. The summed E-state index contributed by atoms with van der Waals surface area (Å²) < 4.78 is 1.23. The topological polar surface area (TPSA) is 68.0 Å². The van der Waals surface area contributed by atoms with Crippen LogP contribution in [0.25, 0.3) is 10.2 Å². The molecule has 0 radical (unpaired) electrons. The molecule has 0 saturated carbocycles. The number of nitrogens with zero attached hydrogens (tertiary/aromatic N) is 1. The maximum atomic E-state index is 12.2. The molecule has 0 spiro atoms. The number of fused-ring (bicyclic) bond motifs is 1. The summed E-state index contributed by atoms with van der Waals surface area (Å²) in [5, 5.41) is 4.27. The monoisotopic (exact) mass is 419 g/mol. The molecule has 0 bridgehead atoms. The molecule has 26 heavy (non-hydrogen) atoms. The number of halogens is 2. The van der Waals surface area contributed by atoms with Gasteiger partial charge < -0.3 is 11.1 Å². The minimum absolute atomic E-state index is 0. The molecule has 1 unspecified atom stereocenters. The van der Waals surface area contributed by atoms with E-state index in [0.717, 1.165) is 36.2 Å². The van der Waals surface area contributed by atoms with Crippen molar-refractivity contribution < 1.29 is 4.79 Å². The summed E-state index contributed by atoms with van der Waals surface area (Å²) in [5.41, 5.74) is 6.63. The van der Waals surface area contributed by atoms with Crippen LogP contribution in [0.15, 0.2) is 24.3 Å². The molecule has 0 saturated heterocycles. The lowest BCUT2D eigenvalue weighted by Crippen LogP contribution is -2.52. The number of carbonyl (C=O) groups is 1. The Hall–Kier alpha value is -0.880. The molecule has 148 valence electrons. The predicted octanol–water partition coefficient (Wildman–Crippen LogP) is 4.73. The lowest BCUT2D eigenvalue weighted by atomic mass is 9.90. The van der Waals surface area contributed by atoms with Gasteiger partial charge in [-0.1, -0.05) is 26.0 Å². The van der Waals surface area contributed by atoms with Crippen molar-refractivity contribution in [3.05, 3.63) is 29.3 Å². The molecular formula is C19H31Cl2N3OS. The highest BCUT2D eigenvalue weighted by Crippen LogP contribution is 2.23. The van der Waals surface area contributed by atoms with Gasteiger partial charge in [0.15, 0.2) is 0 Å². The maximum absolute atomic E-state index is 12.2. The SMILES string of the molecule is CC(C)CC(C)(CN)NC(=O)CCCCc1nc2ccccc2s1.Cl.Cl. The van der Waals surface area contributed by atoms with Gasteiger partial charge in [0.05, 0.1) is 15.2 Å². The Balaban J connectivity index is 0.00000312. The number of thiazole rings is 1. The second kappa shape index (κ2) is 11.8. The minimum atomic E-state index is -0.293. The Morgan fingerprint density at radius 3 is 2.58 bits per heavy atom. The molecule has 1 aromatic heterocycles. The van der Waals surface area contributed by atoms with Gasteiger partial charge in [-0.2, -0.15) is 0 Å². The first-order chi connectivity index (χ1) is 11.4. The Morgan fingerprint density at radius 1 is 1.27 bits per heavy atom. The number of carbonyl (C=O) groups excluding carboxylic acids is 1. The molecule has 3 N–H and O–H groups in total. The van der Waals surface area contributed by atoms with E-state index in [2.05, 4.69) is 30.2 Å². The van der Waals surface area contributed by atoms with Crippen molar-refractivity contribution in [1.29, 1.82) is 0 Å². The van der Waals surface area contributed by atoms with Gasteiger partial charge in [-0.15, -0.1) is 36.2 Å². The number of aryl methyl sites for hydroxylation is 1. The summed E-state index contributed by atoms with van der Waals surface area (Å²) in [7, 11) is 0. The van der Waals surface area contributed by atoms with Crippen molar-refractivity contribution in [2.45, 2.75) is 58.4 Å². The molecule has 0 aliphatic rings. The standard InChI is InChI=1S/C19H29N3OS.2ClH/c1-14(2)12-19(3,13-20)22-17(23)10-6-7-11-18-21-15-8-4-5-9-16(15)24-18;;/h4-5,8-9,14H,6-7,10-13,20H2,1-3H3,(H,22,23);2*1H. The summed E-state index contributed by atoms with van der Waals surface area (Å²) >= 11 is 1.75. The van der Waals surface area contributed by atoms with Crippen LogP contribution in [0.1, 0.15) is 51.5 Å². The molecule has 7 heteroatoms. The molecule has 2 aromatic rings. The largest absolute Gasteiger partial charge is 0.350 e. The smallest absolute Gasteiger partial charge is 0.220 e. The van der Waals surface area contributed by atoms with Crippen LogP contribution in [0.5, 0.6) is 0 Å². The first-order valence-corrected chi connectivity index (χ1v) is 9.59. The normalized spacial score (nSPS) is 13.0. The predicted molar refractivity (Wildman–Crippen MR) is 117 cm³/mol. The van der Waals surface area contributed by atoms with Crippen LogP contribution in [0, 0.1) is 5.92 Å². The second-order valence-electron chi connectivity index (χ2n) is 7.19. The van der Waals surface area contributed by atoms with Crippen LogP contribution in [0.3, 0.4) is 0 Å². The van der Waals surface area contributed by atoms with E-state index >= 15 is 0 Å². The number of unbranched alkanes of at least 4 members (excludes halogenated alkanes) is 1. The number of nitrogens with two attached hydrogens (primary N) is 1. The number of hydrogen-bond donors (Lipinski definition) is 2. The van der Waals surface area contributed by atoms with Crippen molar-refractivity contribution >= 4 is 52.3 Å². The number of rotatable bonds is 9. The first kappa shape index (κ1) is 25.1. The van der Waals surface area contributed by atoms with E-state index in [-0.39, 0.29) is 36.3 Å². The Labute approximate surface area is 173 Å². The first-order valence-electron chi connectivity index (χ1n) is 8.77. The fraction of sp³-hybridized carbons (Fsp3) is 0.579. The molecule has 1 aromatic carbocycles. The Morgan fingerprint density at radius 2 is 1.96 bits per heavy atom. The zero-order valence-corrected chi connectivity index (χ0v) is 18.2. The molecule has 2 rings (SSSR count). The van der Waals surface area contributed by atoms with Gasteiger partial charge in [0, 0.05) is 18.5 Å². The average molecular weight is 420 g/mol. The third kappa shape index (κ3) is 7.78. The van der Waals surface area contributed by atoms with Crippen LogP contribution in [-0.2, 0) is 11.2 Å². The number of hydrogen-bond acceptors (Lipinski definition) is 4. The highest BCUT2D eigenvalue weighted by Gasteiger charge is 2.25. The third-order valence-corrected chi connectivity index (χ3v) is 5.23. The Bertz CT molecular complexity index is 645. The number of amides is 1. The van der Waals surface area contributed by atoms with Gasteiger partial charge in [-0.05, 0) is 50.7 Å². The van der Waals surface area contributed by atoms with Crippen molar-refractivity contribution in [1.82, 2.24) is 10.3 Å². The van der Waals surface area contributed by atoms with Crippen LogP contribution < -0.4 is 11.1 Å². The van der Waals surface area contributed by atoms with Gasteiger partial charge in [0.25, 0.3) is 0 Å². The van der Waals surface area contributed by atoms with Crippen LogP contribution in [0.4, 0.5) is 0 Å². The highest BCUT2D eigenvalue weighted by molar-refractivity contribution is 7.18. The Kier molecular flexibility index (Phi) is 11.4. The van der Waals surface area contributed by atoms with Crippen LogP contribution in [0.2, 0.25) is 0 Å². The summed E-state index contributed by atoms with van der Waals surface area (Å²) in [6.07, 6.45) is 4.26. The molecule has 4 nitrogen and oxygen atoms in total. The van der Waals surface area contributed by atoms with Gasteiger partial charge in [-0.3, -0.25) is 4.79 Å². The van der Waals surface area contributed by atoms with Crippen molar-refractivity contribution in [2.75, 3.05) is 6.54 Å². The van der Waals surface area contributed by atoms with Gasteiger partial charge >= 0.3 is 0 Å². The lowest BCUT2D eigenvalue weighted by molar-refractivity contribution is -0.123. The van der Waals surface area contributed by atoms with E-state index < -0.39 is 0 Å². The molecular weight excluding hydrogens is 389 g/mol. The van der Waals surface area contributed by atoms with Gasteiger partial charge in [0.1, 0.15) is 0 Å². The van der Waals surface area contributed by atoms with E-state index in [1.807, 2.05) is 25.1 Å². The zero-order chi connectivity index (χ0) is 17.6. The van der Waals surface area contributed by atoms with E-state index in [1.54, 1.807) is 11.3 Å². The van der Waals surface area contributed by atoms with Crippen LogP contribution in [-0.4, -0.2) is 23.0 Å². The van der Waals surface area contributed by atoms with Gasteiger partial charge in [-0.25, -0.2) is 4.98 Å². The van der Waals surface area contributed by atoms with E-state index in [4.69, 9.17) is 5.73 Å². The summed E-state index contributed by atoms with van der Waals surface area (Å²) in [4.78, 5) is 16.8. The summed E-state index contributed by atoms with van der Waals surface area (Å²) in [6, 6.07) is 8.21. The van der Waals surface area contributed by atoms with Crippen molar-refractivity contribution in [3.63, 3.8) is 0 Å². The molecule has 1 heterocycles. The van der Waals surface area contributed by atoms with E-state index in [1.165, 1.54) is 4.70 Å². The van der Waals surface area contributed by atoms with Crippen LogP contribution >= 0.6 is 36.2 Å². The van der Waals surface area contributed by atoms with Crippen molar-refractivity contribution in [2.24, 2.45) is 11.7 Å². The molecule has 1 atom stereocenters. The summed E-state index contributed by atoms with van der Waals surface area (Å²) in [6.45, 7) is 6.81. The third-order valence-electron chi connectivity index (χ3n) is 4.13. The number of nitrogens with one attached hydrogen (secondary N) is 1. The number of benzene rings is 1. The fourth-order valence-electron chi connectivity index (χ4n) is 3.07. The molecule has 0 aliphatic carbocycles. The number of aromatic nitrogens is 1. The lowest BCUT2D eigenvalue weighted by Gasteiger charge is -2.31. The molecule has 0 aliphatic heterocycles. The maximum Gasteiger partial charge on any atom is 0.220 e. The molecule has 0 fully saturated rings. The fourth-order valence-corrected chi connectivity index (χ4v) is 4.08. The minimum Gasteiger partial charge on any atom is -0.350 e. The second-order valence-corrected chi connectivity index (χ2v) is 8.31. The average Bonchev–Trinajstić information content (AvgIpc) is 2.93.